The standard InChI is InChI=1S/C17H27F/c1-3-5-7-9-15(8-6-4-2)14-16-10-12-17(18)13-11-16/h10-13,15H,3-9,14H2,1-2H3. The molecule has 102 valence electrons. The van der Waals surface area contributed by atoms with E-state index in [1.807, 2.05) is 12.1 Å². The van der Waals surface area contributed by atoms with Crippen molar-refractivity contribution in [1.29, 1.82) is 0 Å². The van der Waals surface area contributed by atoms with Gasteiger partial charge >= 0.3 is 0 Å². The summed E-state index contributed by atoms with van der Waals surface area (Å²) >= 11 is 0. The lowest BCUT2D eigenvalue weighted by Crippen LogP contribution is -2.05. The summed E-state index contributed by atoms with van der Waals surface area (Å²) in [5, 5.41) is 0. The molecule has 0 fully saturated rings. The zero-order valence-corrected chi connectivity index (χ0v) is 11.9. The topological polar surface area (TPSA) is 0 Å². The van der Waals surface area contributed by atoms with Crippen LogP contribution in [0.1, 0.15) is 64.4 Å². The molecule has 0 spiro atoms. The van der Waals surface area contributed by atoms with E-state index in [-0.39, 0.29) is 5.82 Å². The highest BCUT2D eigenvalue weighted by Gasteiger charge is 2.09. The SMILES string of the molecule is CCCCCC(CCCC)Cc1ccc(F)cc1. The minimum absolute atomic E-state index is 0.130. The zero-order chi connectivity index (χ0) is 13.2. The predicted octanol–water partition coefficient (Wildman–Crippen LogP) is 5.75. The average molecular weight is 250 g/mol. The summed E-state index contributed by atoms with van der Waals surface area (Å²) in [6.07, 6.45) is 10.3. The third kappa shape index (κ3) is 6.18. The van der Waals surface area contributed by atoms with Gasteiger partial charge in [0.15, 0.2) is 0 Å². The first-order chi connectivity index (χ1) is 8.76. The highest BCUT2D eigenvalue weighted by Crippen LogP contribution is 2.21. The Balaban J connectivity index is 2.45. The van der Waals surface area contributed by atoms with Gasteiger partial charge in [0.25, 0.3) is 0 Å². The minimum atomic E-state index is -0.130. The number of benzene rings is 1. The molecule has 1 aromatic rings. The first-order valence-electron chi connectivity index (χ1n) is 7.50. The Bertz CT molecular complexity index is 302. The Labute approximate surface area is 112 Å². The first kappa shape index (κ1) is 15.2. The minimum Gasteiger partial charge on any atom is -0.207 e. The van der Waals surface area contributed by atoms with E-state index in [1.165, 1.54) is 50.5 Å². The van der Waals surface area contributed by atoms with E-state index >= 15 is 0 Å². The fraction of sp³-hybridized carbons (Fsp3) is 0.647. The van der Waals surface area contributed by atoms with Gasteiger partial charge in [0.05, 0.1) is 0 Å². The van der Waals surface area contributed by atoms with Crippen molar-refractivity contribution in [3.8, 4) is 0 Å². The third-order valence-corrected chi connectivity index (χ3v) is 3.62. The molecule has 0 heterocycles. The lowest BCUT2D eigenvalue weighted by atomic mass is 9.89. The fourth-order valence-electron chi connectivity index (χ4n) is 2.48. The molecule has 0 saturated heterocycles. The van der Waals surface area contributed by atoms with Gasteiger partial charge in [-0.2, -0.15) is 0 Å². The quantitative estimate of drug-likeness (QED) is 0.489. The van der Waals surface area contributed by atoms with Crippen molar-refractivity contribution in [2.45, 2.75) is 65.2 Å². The number of hydrogen-bond acceptors (Lipinski definition) is 0. The van der Waals surface area contributed by atoms with Crippen LogP contribution >= 0.6 is 0 Å². The number of rotatable bonds is 9. The van der Waals surface area contributed by atoms with Crippen molar-refractivity contribution in [1.82, 2.24) is 0 Å². The van der Waals surface area contributed by atoms with Crippen molar-refractivity contribution in [3.63, 3.8) is 0 Å². The molecule has 18 heavy (non-hydrogen) atoms. The van der Waals surface area contributed by atoms with Crippen molar-refractivity contribution in [2.24, 2.45) is 5.92 Å². The molecule has 0 aliphatic rings. The van der Waals surface area contributed by atoms with Crippen molar-refractivity contribution in [2.75, 3.05) is 0 Å². The molecular formula is C17H27F. The summed E-state index contributed by atoms with van der Waals surface area (Å²) in [4.78, 5) is 0. The van der Waals surface area contributed by atoms with Gasteiger partial charge in [-0.3, -0.25) is 0 Å². The van der Waals surface area contributed by atoms with E-state index in [0.29, 0.717) is 0 Å². The van der Waals surface area contributed by atoms with Crippen LogP contribution < -0.4 is 0 Å². The average Bonchev–Trinajstić information content (AvgIpc) is 2.38. The van der Waals surface area contributed by atoms with Crippen LogP contribution in [0.4, 0.5) is 4.39 Å². The highest BCUT2D eigenvalue weighted by atomic mass is 19.1. The Hall–Kier alpha value is -0.850. The number of unbranched alkanes of at least 4 members (excludes halogenated alkanes) is 3. The lowest BCUT2D eigenvalue weighted by molar-refractivity contribution is 0.412. The molecule has 1 aromatic carbocycles. The molecule has 1 heteroatoms. The molecule has 0 bridgehead atoms. The van der Waals surface area contributed by atoms with Crippen LogP contribution in [0.5, 0.6) is 0 Å². The Morgan fingerprint density at radius 2 is 1.50 bits per heavy atom. The maximum Gasteiger partial charge on any atom is 0.123 e. The molecule has 0 saturated carbocycles. The fourth-order valence-corrected chi connectivity index (χ4v) is 2.48. The van der Waals surface area contributed by atoms with Gasteiger partial charge < -0.3 is 0 Å². The second-order valence-electron chi connectivity index (χ2n) is 5.33. The van der Waals surface area contributed by atoms with Crippen molar-refractivity contribution in [3.05, 3.63) is 35.6 Å². The molecule has 1 rings (SSSR count). The number of halogens is 1. The van der Waals surface area contributed by atoms with E-state index in [1.54, 1.807) is 12.1 Å². The summed E-state index contributed by atoms with van der Waals surface area (Å²) in [7, 11) is 0. The first-order valence-corrected chi connectivity index (χ1v) is 7.50. The molecule has 1 unspecified atom stereocenters. The zero-order valence-electron chi connectivity index (χ0n) is 11.9. The van der Waals surface area contributed by atoms with Crippen LogP contribution in [0.25, 0.3) is 0 Å². The van der Waals surface area contributed by atoms with Crippen molar-refractivity contribution < 1.29 is 4.39 Å². The van der Waals surface area contributed by atoms with Gasteiger partial charge in [-0.15, -0.1) is 0 Å². The van der Waals surface area contributed by atoms with E-state index in [2.05, 4.69) is 13.8 Å². The highest BCUT2D eigenvalue weighted by molar-refractivity contribution is 5.16. The molecule has 0 aliphatic heterocycles. The summed E-state index contributed by atoms with van der Waals surface area (Å²) in [6.45, 7) is 4.50. The molecule has 1 atom stereocenters. The normalized spacial score (nSPS) is 12.6. The van der Waals surface area contributed by atoms with Gasteiger partial charge in [0.2, 0.25) is 0 Å². The third-order valence-electron chi connectivity index (χ3n) is 3.62. The van der Waals surface area contributed by atoms with Crippen LogP contribution in [-0.2, 0) is 6.42 Å². The Kier molecular flexibility index (Phi) is 7.71. The lowest BCUT2D eigenvalue weighted by Gasteiger charge is -2.16. The van der Waals surface area contributed by atoms with Gasteiger partial charge in [-0.25, -0.2) is 4.39 Å². The smallest absolute Gasteiger partial charge is 0.123 e. The monoisotopic (exact) mass is 250 g/mol. The van der Waals surface area contributed by atoms with Gasteiger partial charge in [0, 0.05) is 0 Å². The van der Waals surface area contributed by atoms with Crippen LogP contribution in [-0.4, -0.2) is 0 Å². The van der Waals surface area contributed by atoms with Gasteiger partial charge in [-0.05, 0) is 30.0 Å². The summed E-state index contributed by atoms with van der Waals surface area (Å²) < 4.78 is 12.9. The molecule has 0 N–H and O–H groups in total. The predicted molar refractivity (Wildman–Crippen MR) is 77.3 cm³/mol. The molecule has 0 nitrogen and oxygen atoms in total. The second kappa shape index (κ2) is 9.13. The van der Waals surface area contributed by atoms with E-state index in [0.717, 1.165) is 12.3 Å². The summed E-state index contributed by atoms with van der Waals surface area (Å²) in [5.41, 5.74) is 1.29. The summed E-state index contributed by atoms with van der Waals surface area (Å²) in [5.74, 6) is 0.650. The summed E-state index contributed by atoms with van der Waals surface area (Å²) in [6, 6.07) is 7.04. The maximum absolute atomic E-state index is 12.9. The maximum atomic E-state index is 12.9. The van der Waals surface area contributed by atoms with E-state index in [4.69, 9.17) is 0 Å². The van der Waals surface area contributed by atoms with Crippen LogP contribution in [0.15, 0.2) is 24.3 Å². The molecule has 0 radical (unpaired) electrons. The number of hydrogen-bond donors (Lipinski definition) is 0. The molecule has 0 amide bonds. The molecule has 0 aliphatic carbocycles. The van der Waals surface area contributed by atoms with E-state index in [9.17, 15) is 4.39 Å². The van der Waals surface area contributed by atoms with Crippen LogP contribution in [0, 0.1) is 11.7 Å². The largest absolute Gasteiger partial charge is 0.207 e. The van der Waals surface area contributed by atoms with Gasteiger partial charge in [0.1, 0.15) is 5.82 Å². The van der Waals surface area contributed by atoms with Gasteiger partial charge in [-0.1, -0.05) is 70.9 Å². The van der Waals surface area contributed by atoms with Crippen molar-refractivity contribution >= 4 is 0 Å². The molecule has 0 aromatic heterocycles. The van der Waals surface area contributed by atoms with E-state index < -0.39 is 0 Å². The van der Waals surface area contributed by atoms with Crippen LogP contribution in [0.2, 0.25) is 0 Å². The Morgan fingerprint density at radius 1 is 0.889 bits per heavy atom. The second-order valence-corrected chi connectivity index (χ2v) is 5.33. The van der Waals surface area contributed by atoms with Crippen LogP contribution in [0.3, 0.4) is 0 Å². The molecular weight excluding hydrogens is 223 g/mol. The Morgan fingerprint density at radius 3 is 2.11 bits per heavy atom.